The molecule has 0 aliphatic carbocycles. The molecular formula is C20H32N2O3. The largest absolute Gasteiger partial charge is 0.481 e. The molecule has 0 spiro atoms. The summed E-state index contributed by atoms with van der Waals surface area (Å²) in [6, 6.07) is 7.77. The third-order valence-electron chi connectivity index (χ3n) is 4.95. The van der Waals surface area contributed by atoms with E-state index < -0.39 is 11.4 Å². The Bertz CT molecular complexity index is 563. The third-order valence-corrected chi connectivity index (χ3v) is 4.95. The normalized spacial score (nSPS) is 12.9. The van der Waals surface area contributed by atoms with Crippen LogP contribution in [0.4, 0.5) is 5.69 Å². The van der Waals surface area contributed by atoms with Gasteiger partial charge in [0.2, 0.25) is 5.91 Å². The van der Waals surface area contributed by atoms with Crippen LogP contribution in [-0.2, 0) is 9.59 Å². The van der Waals surface area contributed by atoms with Crippen molar-refractivity contribution >= 4 is 17.6 Å². The van der Waals surface area contributed by atoms with Crippen molar-refractivity contribution in [2.24, 2.45) is 5.41 Å². The van der Waals surface area contributed by atoms with Crippen LogP contribution in [0.2, 0.25) is 0 Å². The molecule has 0 saturated carbocycles. The lowest BCUT2D eigenvalue weighted by Crippen LogP contribution is -2.44. The standard InChI is InChI=1S/C20H32N2O3/c1-6-20(7-2,19(24)25)13-21-15(5)12-18(23)22-17-10-8-16(9-11-17)14(3)4/h8-11,14-15,21H,6-7,12-13H2,1-5H3,(H,22,23)(H,24,25). The van der Waals surface area contributed by atoms with Crippen molar-refractivity contribution in [3.05, 3.63) is 29.8 Å². The van der Waals surface area contributed by atoms with Crippen LogP contribution in [0.25, 0.3) is 0 Å². The van der Waals surface area contributed by atoms with E-state index in [1.165, 1.54) is 5.56 Å². The van der Waals surface area contributed by atoms with Crippen LogP contribution >= 0.6 is 0 Å². The summed E-state index contributed by atoms with van der Waals surface area (Å²) in [5.74, 6) is -0.404. The number of amides is 1. The molecule has 0 radical (unpaired) electrons. The van der Waals surface area contributed by atoms with Crippen LogP contribution < -0.4 is 10.6 Å². The Morgan fingerprint density at radius 3 is 2.08 bits per heavy atom. The molecule has 1 aromatic carbocycles. The first kappa shape index (κ1) is 21.2. The van der Waals surface area contributed by atoms with E-state index in [0.717, 1.165) is 5.69 Å². The van der Waals surface area contributed by atoms with Gasteiger partial charge in [-0.1, -0.05) is 39.8 Å². The lowest BCUT2D eigenvalue weighted by Gasteiger charge is -2.28. The summed E-state index contributed by atoms with van der Waals surface area (Å²) in [5.41, 5.74) is 1.25. The van der Waals surface area contributed by atoms with Gasteiger partial charge in [0.15, 0.2) is 0 Å². The van der Waals surface area contributed by atoms with E-state index in [9.17, 15) is 14.7 Å². The van der Waals surface area contributed by atoms with E-state index in [4.69, 9.17) is 0 Å². The van der Waals surface area contributed by atoms with E-state index in [2.05, 4.69) is 24.5 Å². The summed E-state index contributed by atoms with van der Waals surface area (Å²) in [7, 11) is 0. The number of aliphatic carboxylic acids is 1. The minimum atomic E-state index is -0.785. The van der Waals surface area contributed by atoms with Crippen LogP contribution in [0, 0.1) is 5.41 Å². The van der Waals surface area contributed by atoms with Gasteiger partial charge in [-0.3, -0.25) is 9.59 Å². The van der Waals surface area contributed by atoms with Crippen molar-refractivity contribution in [3.8, 4) is 0 Å². The number of nitrogens with one attached hydrogen (secondary N) is 2. The van der Waals surface area contributed by atoms with Gasteiger partial charge in [0, 0.05) is 24.7 Å². The molecule has 25 heavy (non-hydrogen) atoms. The Balaban J connectivity index is 2.52. The van der Waals surface area contributed by atoms with Crippen molar-refractivity contribution in [2.45, 2.75) is 65.8 Å². The summed E-state index contributed by atoms with van der Waals surface area (Å²) in [4.78, 5) is 23.7. The van der Waals surface area contributed by atoms with Gasteiger partial charge in [-0.05, 0) is 43.4 Å². The maximum absolute atomic E-state index is 12.2. The number of carbonyl (C=O) groups is 2. The average molecular weight is 348 g/mol. The van der Waals surface area contributed by atoms with Crippen molar-refractivity contribution < 1.29 is 14.7 Å². The number of rotatable bonds is 10. The Labute approximate surface area is 151 Å². The fraction of sp³-hybridized carbons (Fsp3) is 0.600. The quantitative estimate of drug-likeness (QED) is 0.597. The summed E-state index contributed by atoms with van der Waals surface area (Å²) >= 11 is 0. The lowest BCUT2D eigenvalue weighted by molar-refractivity contribution is -0.149. The third kappa shape index (κ3) is 6.16. The molecule has 0 bridgehead atoms. The van der Waals surface area contributed by atoms with E-state index in [-0.39, 0.29) is 11.9 Å². The number of carboxylic acid groups (broad SMARTS) is 1. The van der Waals surface area contributed by atoms with Gasteiger partial charge in [-0.15, -0.1) is 0 Å². The summed E-state index contributed by atoms with van der Waals surface area (Å²) < 4.78 is 0. The molecular weight excluding hydrogens is 316 g/mol. The van der Waals surface area contributed by atoms with Gasteiger partial charge in [-0.2, -0.15) is 0 Å². The Kier molecular flexibility index (Phi) is 8.10. The van der Waals surface area contributed by atoms with Crippen LogP contribution in [0.5, 0.6) is 0 Å². The molecule has 0 fully saturated rings. The minimum absolute atomic E-state index is 0.0776. The highest BCUT2D eigenvalue weighted by molar-refractivity contribution is 5.91. The summed E-state index contributed by atoms with van der Waals surface area (Å²) in [6.07, 6.45) is 1.43. The van der Waals surface area contributed by atoms with Crippen molar-refractivity contribution in [3.63, 3.8) is 0 Å². The smallest absolute Gasteiger partial charge is 0.310 e. The molecule has 1 amide bonds. The number of benzene rings is 1. The highest BCUT2D eigenvalue weighted by Gasteiger charge is 2.34. The van der Waals surface area contributed by atoms with E-state index >= 15 is 0 Å². The molecule has 5 nitrogen and oxygen atoms in total. The maximum Gasteiger partial charge on any atom is 0.310 e. The molecule has 1 atom stereocenters. The van der Waals surface area contributed by atoms with Gasteiger partial charge in [0.25, 0.3) is 0 Å². The molecule has 0 aliphatic heterocycles. The molecule has 3 N–H and O–H groups in total. The number of carboxylic acids is 1. The van der Waals surface area contributed by atoms with Gasteiger partial charge < -0.3 is 15.7 Å². The van der Waals surface area contributed by atoms with Gasteiger partial charge in [-0.25, -0.2) is 0 Å². The predicted molar refractivity (Wildman–Crippen MR) is 102 cm³/mol. The minimum Gasteiger partial charge on any atom is -0.481 e. The topological polar surface area (TPSA) is 78.4 Å². The van der Waals surface area contributed by atoms with Crippen LogP contribution in [0.15, 0.2) is 24.3 Å². The molecule has 0 heterocycles. The van der Waals surface area contributed by atoms with Gasteiger partial charge in [0.05, 0.1) is 5.41 Å². The molecule has 0 aromatic heterocycles. The molecule has 0 aliphatic rings. The van der Waals surface area contributed by atoms with Crippen molar-refractivity contribution in [1.29, 1.82) is 0 Å². The fourth-order valence-corrected chi connectivity index (χ4v) is 2.76. The average Bonchev–Trinajstić information content (AvgIpc) is 2.56. The Morgan fingerprint density at radius 2 is 1.64 bits per heavy atom. The number of carbonyl (C=O) groups excluding carboxylic acids is 1. The molecule has 5 heteroatoms. The lowest BCUT2D eigenvalue weighted by atomic mass is 9.82. The molecule has 1 unspecified atom stereocenters. The van der Waals surface area contributed by atoms with Crippen LogP contribution in [0.1, 0.15) is 65.4 Å². The van der Waals surface area contributed by atoms with E-state index in [1.807, 2.05) is 45.0 Å². The van der Waals surface area contributed by atoms with Gasteiger partial charge >= 0.3 is 5.97 Å². The van der Waals surface area contributed by atoms with Crippen molar-refractivity contribution in [2.75, 3.05) is 11.9 Å². The second kappa shape index (κ2) is 9.56. The number of anilines is 1. The molecule has 1 aromatic rings. The zero-order chi connectivity index (χ0) is 19.0. The first-order valence-electron chi connectivity index (χ1n) is 9.10. The highest BCUT2D eigenvalue weighted by Crippen LogP contribution is 2.26. The monoisotopic (exact) mass is 348 g/mol. The molecule has 0 saturated heterocycles. The summed E-state index contributed by atoms with van der Waals surface area (Å²) in [5, 5.41) is 15.6. The van der Waals surface area contributed by atoms with Crippen LogP contribution in [0.3, 0.4) is 0 Å². The second-order valence-corrected chi connectivity index (χ2v) is 7.10. The van der Waals surface area contributed by atoms with Crippen LogP contribution in [-0.4, -0.2) is 29.6 Å². The zero-order valence-electron chi connectivity index (χ0n) is 16.1. The van der Waals surface area contributed by atoms with Crippen molar-refractivity contribution in [1.82, 2.24) is 5.32 Å². The number of hydrogen-bond donors (Lipinski definition) is 3. The SMILES string of the molecule is CCC(CC)(CNC(C)CC(=O)Nc1ccc(C(C)C)cc1)C(=O)O. The van der Waals surface area contributed by atoms with Gasteiger partial charge in [0.1, 0.15) is 0 Å². The molecule has 140 valence electrons. The molecule has 1 rings (SSSR count). The maximum atomic E-state index is 12.2. The Hall–Kier alpha value is -1.88. The zero-order valence-corrected chi connectivity index (χ0v) is 16.1. The summed E-state index contributed by atoms with van der Waals surface area (Å²) in [6.45, 7) is 10.3. The Morgan fingerprint density at radius 1 is 1.08 bits per heavy atom. The highest BCUT2D eigenvalue weighted by atomic mass is 16.4. The predicted octanol–water partition coefficient (Wildman–Crippen LogP) is 4.01. The first-order chi connectivity index (χ1) is 11.7. The van der Waals surface area contributed by atoms with E-state index in [0.29, 0.717) is 31.7 Å². The van der Waals surface area contributed by atoms with E-state index in [1.54, 1.807) is 0 Å². The fourth-order valence-electron chi connectivity index (χ4n) is 2.76. The number of hydrogen-bond acceptors (Lipinski definition) is 3. The second-order valence-electron chi connectivity index (χ2n) is 7.10. The first-order valence-corrected chi connectivity index (χ1v) is 9.10.